The molecule has 3 N–H and O–H groups in total. The van der Waals surface area contributed by atoms with E-state index < -0.39 is 12.0 Å². The molecule has 0 aromatic heterocycles. The molecule has 5 heteroatoms. The monoisotopic (exact) mass is 241 g/mol. The average Bonchev–Trinajstić information content (AvgIpc) is 2.29. The van der Waals surface area contributed by atoms with Gasteiger partial charge in [-0.05, 0) is 17.7 Å². The average molecular weight is 241 g/mol. The van der Waals surface area contributed by atoms with Crippen molar-refractivity contribution in [3.63, 3.8) is 0 Å². The van der Waals surface area contributed by atoms with Crippen LogP contribution in [0.5, 0.6) is 5.75 Å². The molecule has 0 amide bonds. The molecule has 0 aliphatic rings. The minimum atomic E-state index is -0.960. The quantitative estimate of drug-likeness (QED) is 0.786. The summed E-state index contributed by atoms with van der Waals surface area (Å²) in [6, 6.07) is 6.89. The van der Waals surface area contributed by atoms with Crippen LogP contribution in [0.2, 0.25) is 0 Å². The molecule has 16 heavy (non-hydrogen) atoms. The second kappa shape index (κ2) is 6.40. The van der Waals surface area contributed by atoms with Crippen molar-refractivity contribution in [1.29, 1.82) is 0 Å². The summed E-state index contributed by atoms with van der Waals surface area (Å²) in [5, 5.41) is 8.60. The molecule has 0 unspecified atom stereocenters. The van der Waals surface area contributed by atoms with Gasteiger partial charge in [-0.25, -0.2) is 0 Å². The van der Waals surface area contributed by atoms with Crippen LogP contribution < -0.4 is 10.5 Å². The molecule has 88 valence electrons. The van der Waals surface area contributed by atoms with Gasteiger partial charge in [0.05, 0.1) is 7.11 Å². The lowest BCUT2D eigenvalue weighted by Gasteiger charge is -2.07. The molecule has 0 spiro atoms. The molecule has 1 aromatic carbocycles. The highest BCUT2D eigenvalue weighted by molar-refractivity contribution is 7.98. The van der Waals surface area contributed by atoms with Gasteiger partial charge >= 0.3 is 5.97 Å². The zero-order valence-electron chi connectivity index (χ0n) is 9.05. The molecule has 0 bridgehead atoms. The van der Waals surface area contributed by atoms with E-state index >= 15 is 0 Å². The highest BCUT2D eigenvalue weighted by Crippen LogP contribution is 2.18. The summed E-state index contributed by atoms with van der Waals surface area (Å²) in [4.78, 5) is 10.5. The number of carboxylic acid groups (broad SMARTS) is 1. The Bertz CT molecular complexity index is 357. The van der Waals surface area contributed by atoms with E-state index in [1.807, 2.05) is 24.3 Å². The fourth-order valence-electron chi connectivity index (χ4n) is 1.14. The predicted molar refractivity (Wildman–Crippen MR) is 64.8 cm³/mol. The van der Waals surface area contributed by atoms with Crippen LogP contribution in [0.15, 0.2) is 24.3 Å². The maximum atomic E-state index is 10.5. The summed E-state index contributed by atoms with van der Waals surface area (Å²) in [5.41, 5.74) is 6.49. The van der Waals surface area contributed by atoms with Gasteiger partial charge in [0.2, 0.25) is 0 Å². The molecule has 0 fully saturated rings. The van der Waals surface area contributed by atoms with Gasteiger partial charge in [-0.1, -0.05) is 12.1 Å². The Labute approximate surface area is 98.8 Å². The number of ether oxygens (including phenoxy) is 1. The fourth-order valence-corrected chi connectivity index (χ4v) is 2.07. The van der Waals surface area contributed by atoms with Gasteiger partial charge in [0.15, 0.2) is 0 Å². The Morgan fingerprint density at radius 3 is 3.00 bits per heavy atom. The molecule has 4 nitrogen and oxygen atoms in total. The highest BCUT2D eigenvalue weighted by atomic mass is 32.2. The molecular formula is C11H15NO3S. The van der Waals surface area contributed by atoms with Crippen LogP contribution in [0, 0.1) is 0 Å². The van der Waals surface area contributed by atoms with Crippen molar-refractivity contribution < 1.29 is 14.6 Å². The number of aliphatic carboxylic acids is 1. The molecule has 0 aliphatic carbocycles. The Kier molecular flexibility index (Phi) is 5.14. The predicted octanol–water partition coefficient (Wildman–Crippen LogP) is 1.34. The zero-order chi connectivity index (χ0) is 12.0. The van der Waals surface area contributed by atoms with Crippen LogP contribution in [0.25, 0.3) is 0 Å². The van der Waals surface area contributed by atoms with Crippen molar-refractivity contribution in [1.82, 2.24) is 0 Å². The van der Waals surface area contributed by atoms with Crippen molar-refractivity contribution in [3.8, 4) is 5.75 Å². The number of benzene rings is 1. The smallest absolute Gasteiger partial charge is 0.321 e. The second-order valence-electron chi connectivity index (χ2n) is 3.31. The van der Waals surface area contributed by atoms with Gasteiger partial charge in [0.25, 0.3) is 0 Å². The van der Waals surface area contributed by atoms with Crippen LogP contribution in [-0.4, -0.2) is 30.0 Å². The number of hydrogen-bond acceptors (Lipinski definition) is 4. The molecule has 1 rings (SSSR count). The normalized spacial score (nSPS) is 12.1. The Morgan fingerprint density at radius 1 is 1.62 bits per heavy atom. The van der Waals surface area contributed by atoms with Crippen LogP contribution in [0.3, 0.4) is 0 Å². The molecule has 0 saturated heterocycles. The van der Waals surface area contributed by atoms with Crippen molar-refractivity contribution in [2.24, 2.45) is 5.73 Å². The number of carboxylic acids is 1. The van der Waals surface area contributed by atoms with E-state index in [1.54, 1.807) is 7.11 Å². The third kappa shape index (κ3) is 4.12. The van der Waals surface area contributed by atoms with E-state index in [9.17, 15) is 4.79 Å². The maximum Gasteiger partial charge on any atom is 0.321 e. The largest absolute Gasteiger partial charge is 0.497 e. The summed E-state index contributed by atoms with van der Waals surface area (Å²) in [5.74, 6) is 0.990. The van der Waals surface area contributed by atoms with Gasteiger partial charge < -0.3 is 15.6 Å². The Hall–Kier alpha value is -1.20. The molecule has 1 atom stereocenters. The lowest BCUT2D eigenvalue weighted by molar-refractivity contribution is -0.137. The second-order valence-corrected chi connectivity index (χ2v) is 4.34. The number of methoxy groups -OCH3 is 1. The maximum absolute atomic E-state index is 10.5. The third-order valence-corrected chi connectivity index (χ3v) is 3.15. The Morgan fingerprint density at radius 2 is 2.38 bits per heavy atom. The van der Waals surface area contributed by atoms with Gasteiger partial charge in [-0.2, -0.15) is 11.8 Å². The van der Waals surface area contributed by atoms with E-state index in [2.05, 4.69) is 0 Å². The van der Waals surface area contributed by atoms with E-state index in [0.29, 0.717) is 5.75 Å². The fraction of sp³-hybridized carbons (Fsp3) is 0.364. The lowest BCUT2D eigenvalue weighted by atomic mass is 10.2. The molecule has 0 heterocycles. The number of thioether (sulfide) groups is 1. The van der Waals surface area contributed by atoms with Crippen molar-refractivity contribution in [2.45, 2.75) is 11.8 Å². The number of hydrogen-bond donors (Lipinski definition) is 2. The summed E-state index contributed by atoms with van der Waals surface area (Å²) >= 11 is 1.50. The molecule has 0 radical (unpaired) electrons. The van der Waals surface area contributed by atoms with Gasteiger partial charge in [0, 0.05) is 11.5 Å². The van der Waals surface area contributed by atoms with Crippen molar-refractivity contribution in [3.05, 3.63) is 29.8 Å². The summed E-state index contributed by atoms with van der Waals surface area (Å²) in [6.45, 7) is 0. The van der Waals surface area contributed by atoms with Crippen LogP contribution in [0.4, 0.5) is 0 Å². The van der Waals surface area contributed by atoms with Gasteiger partial charge in [-0.3, -0.25) is 4.79 Å². The van der Waals surface area contributed by atoms with Crippen LogP contribution in [-0.2, 0) is 10.5 Å². The third-order valence-electron chi connectivity index (χ3n) is 2.02. The van der Waals surface area contributed by atoms with Crippen LogP contribution >= 0.6 is 11.8 Å². The number of nitrogens with two attached hydrogens (primary N) is 1. The first-order valence-electron chi connectivity index (χ1n) is 4.82. The topological polar surface area (TPSA) is 72.5 Å². The minimum absolute atomic E-state index is 0.409. The van der Waals surface area contributed by atoms with Crippen molar-refractivity contribution >= 4 is 17.7 Å². The molecular weight excluding hydrogens is 226 g/mol. The van der Waals surface area contributed by atoms with Gasteiger partial charge in [0.1, 0.15) is 11.8 Å². The first kappa shape index (κ1) is 12.9. The lowest BCUT2D eigenvalue weighted by Crippen LogP contribution is -2.32. The molecule has 0 saturated carbocycles. The SMILES string of the molecule is COc1cccc(CSC[C@@H](N)C(=O)O)c1. The van der Waals surface area contributed by atoms with E-state index in [1.165, 1.54) is 11.8 Å². The Balaban J connectivity index is 2.39. The van der Waals surface area contributed by atoms with Crippen molar-refractivity contribution in [2.75, 3.05) is 12.9 Å². The summed E-state index contributed by atoms with van der Waals surface area (Å²) in [7, 11) is 1.62. The number of carbonyl (C=O) groups is 1. The van der Waals surface area contributed by atoms with E-state index in [4.69, 9.17) is 15.6 Å². The molecule has 1 aromatic rings. The first-order chi connectivity index (χ1) is 7.63. The van der Waals surface area contributed by atoms with Crippen LogP contribution in [0.1, 0.15) is 5.56 Å². The number of rotatable bonds is 6. The first-order valence-corrected chi connectivity index (χ1v) is 5.98. The minimum Gasteiger partial charge on any atom is -0.497 e. The standard InChI is InChI=1S/C11H15NO3S/c1-15-9-4-2-3-8(5-9)6-16-7-10(12)11(13)14/h2-5,10H,6-7,12H2,1H3,(H,13,14)/t10-/m1/s1. The summed E-state index contributed by atoms with van der Waals surface area (Å²) in [6.07, 6.45) is 0. The van der Waals surface area contributed by atoms with Gasteiger partial charge in [-0.15, -0.1) is 0 Å². The summed E-state index contributed by atoms with van der Waals surface area (Å²) < 4.78 is 5.09. The molecule has 0 aliphatic heterocycles. The van der Waals surface area contributed by atoms with E-state index in [-0.39, 0.29) is 0 Å². The van der Waals surface area contributed by atoms with E-state index in [0.717, 1.165) is 17.1 Å². The highest BCUT2D eigenvalue weighted by Gasteiger charge is 2.10. The zero-order valence-corrected chi connectivity index (χ0v) is 9.87.